The van der Waals surface area contributed by atoms with Crippen LogP contribution >= 0.6 is 0 Å². The van der Waals surface area contributed by atoms with Crippen LogP contribution in [0.1, 0.15) is 51.4 Å². The lowest BCUT2D eigenvalue weighted by molar-refractivity contribution is -0.138. The normalized spacial score (nSPS) is 31.9. The first-order valence-electron chi connectivity index (χ1n) is 7.71. The highest BCUT2D eigenvalue weighted by Gasteiger charge is 2.34. The molecule has 5 heteroatoms. The third kappa shape index (κ3) is 4.05. The molecule has 0 aromatic rings. The summed E-state index contributed by atoms with van der Waals surface area (Å²) in [7, 11) is 0. The van der Waals surface area contributed by atoms with Gasteiger partial charge in [-0.15, -0.1) is 0 Å². The molecule has 3 unspecified atom stereocenters. The Hall–Kier alpha value is -1.39. The fourth-order valence-electron chi connectivity index (χ4n) is 3.61. The second-order valence-electron chi connectivity index (χ2n) is 6.08. The van der Waals surface area contributed by atoms with Crippen molar-refractivity contribution in [1.29, 1.82) is 0 Å². The van der Waals surface area contributed by atoms with Crippen molar-refractivity contribution in [2.24, 2.45) is 17.8 Å². The summed E-state index contributed by atoms with van der Waals surface area (Å²) in [5.74, 6) is 0.549. The van der Waals surface area contributed by atoms with Crippen LogP contribution < -0.4 is 10.6 Å². The van der Waals surface area contributed by atoms with Crippen molar-refractivity contribution >= 4 is 18.2 Å². The number of rotatable bonds is 4. The predicted octanol–water partition coefficient (Wildman–Crippen LogP) is 1.37. The van der Waals surface area contributed by atoms with E-state index in [1.54, 1.807) is 0 Å². The molecule has 5 nitrogen and oxygen atoms in total. The quantitative estimate of drug-likeness (QED) is 0.603. The molecule has 0 aromatic carbocycles. The zero-order valence-electron chi connectivity index (χ0n) is 11.9. The van der Waals surface area contributed by atoms with Crippen LogP contribution in [0, 0.1) is 17.8 Å². The Balaban J connectivity index is 1.97. The Bertz CT molecular complexity index is 370. The second kappa shape index (κ2) is 7.41. The number of imide groups is 1. The summed E-state index contributed by atoms with van der Waals surface area (Å²) >= 11 is 0. The van der Waals surface area contributed by atoms with E-state index < -0.39 is 0 Å². The summed E-state index contributed by atoms with van der Waals surface area (Å²) in [5, 5.41) is 5.24. The van der Waals surface area contributed by atoms with E-state index in [0.29, 0.717) is 31.2 Å². The van der Waals surface area contributed by atoms with Crippen molar-refractivity contribution in [2.75, 3.05) is 6.54 Å². The van der Waals surface area contributed by atoms with Gasteiger partial charge in [-0.1, -0.05) is 19.3 Å². The molecular weight excluding hydrogens is 256 g/mol. The van der Waals surface area contributed by atoms with Gasteiger partial charge in [0.1, 0.15) is 0 Å². The molecular formula is C15H24N2O3. The number of hydrogen-bond donors (Lipinski definition) is 2. The van der Waals surface area contributed by atoms with Gasteiger partial charge in [-0.05, 0) is 37.5 Å². The number of carbonyl (C=O) groups is 3. The van der Waals surface area contributed by atoms with E-state index in [1.165, 1.54) is 12.8 Å². The average Bonchev–Trinajstić information content (AvgIpc) is 2.39. The van der Waals surface area contributed by atoms with Gasteiger partial charge in [0.25, 0.3) is 0 Å². The third-order valence-corrected chi connectivity index (χ3v) is 4.66. The maximum atomic E-state index is 12.0. The van der Waals surface area contributed by atoms with Crippen LogP contribution in [0.2, 0.25) is 0 Å². The monoisotopic (exact) mass is 280 g/mol. The molecule has 0 bridgehead atoms. The molecule has 1 saturated heterocycles. The van der Waals surface area contributed by atoms with Crippen LogP contribution in [0.15, 0.2) is 0 Å². The number of carbonyl (C=O) groups excluding carboxylic acids is 3. The zero-order chi connectivity index (χ0) is 14.4. The lowest BCUT2D eigenvalue weighted by Gasteiger charge is -2.33. The van der Waals surface area contributed by atoms with Gasteiger partial charge in [-0.25, -0.2) is 0 Å². The lowest BCUT2D eigenvalue weighted by Crippen LogP contribution is -2.44. The van der Waals surface area contributed by atoms with Crippen LogP contribution in [-0.4, -0.2) is 24.8 Å². The maximum absolute atomic E-state index is 12.0. The Morgan fingerprint density at radius 1 is 1.15 bits per heavy atom. The maximum Gasteiger partial charge on any atom is 0.229 e. The van der Waals surface area contributed by atoms with Crippen LogP contribution in [0.25, 0.3) is 0 Å². The van der Waals surface area contributed by atoms with E-state index in [4.69, 9.17) is 0 Å². The van der Waals surface area contributed by atoms with Gasteiger partial charge in [-0.3, -0.25) is 19.7 Å². The molecule has 20 heavy (non-hydrogen) atoms. The number of piperidine rings is 1. The summed E-state index contributed by atoms with van der Waals surface area (Å²) < 4.78 is 0. The SMILES string of the molecule is O=CNCC1CCCCCC(C2CCC(=O)NC2=O)C1. The summed E-state index contributed by atoms with van der Waals surface area (Å²) in [6, 6.07) is 0. The smallest absolute Gasteiger partial charge is 0.229 e. The fraction of sp³-hybridized carbons (Fsp3) is 0.800. The third-order valence-electron chi connectivity index (χ3n) is 4.66. The Kier molecular flexibility index (Phi) is 5.56. The zero-order valence-corrected chi connectivity index (χ0v) is 11.9. The van der Waals surface area contributed by atoms with E-state index in [-0.39, 0.29) is 17.7 Å². The van der Waals surface area contributed by atoms with Crippen LogP contribution in [0.4, 0.5) is 0 Å². The molecule has 0 aromatic heterocycles. The molecule has 1 heterocycles. The minimum Gasteiger partial charge on any atom is -0.358 e. The standard InChI is InChI=1S/C15H24N2O3/c18-10-16-9-11-4-2-1-3-5-12(8-11)13-6-7-14(19)17-15(13)20/h10-13H,1-9H2,(H,16,18)(H,17,19,20). The highest BCUT2D eigenvalue weighted by molar-refractivity contribution is 5.98. The summed E-state index contributed by atoms with van der Waals surface area (Å²) in [4.78, 5) is 33.7. The predicted molar refractivity (Wildman–Crippen MR) is 74.6 cm³/mol. The molecule has 0 spiro atoms. The van der Waals surface area contributed by atoms with Gasteiger partial charge >= 0.3 is 0 Å². The van der Waals surface area contributed by atoms with E-state index in [1.807, 2.05) is 0 Å². The first kappa shape index (κ1) is 15.0. The van der Waals surface area contributed by atoms with Crippen molar-refractivity contribution in [3.63, 3.8) is 0 Å². The number of hydrogen-bond acceptors (Lipinski definition) is 3. The molecule has 1 aliphatic carbocycles. The first-order valence-corrected chi connectivity index (χ1v) is 7.71. The Labute approximate surface area is 119 Å². The summed E-state index contributed by atoms with van der Waals surface area (Å²) in [6.45, 7) is 0.702. The number of nitrogens with one attached hydrogen (secondary N) is 2. The van der Waals surface area contributed by atoms with Crippen molar-refractivity contribution in [3.8, 4) is 0 Å². The van der Waals surface area contributed by atoms with Gasteiger partial charge in [-0.2, -0.15) is 0 Å². The largest absolute Gasteiger partial charge is 0.358 e. The molecule has 2 fully saturated rings. The Morgan fingerprint density at radius 3 is 2.70 bits per heavy atom. The molecule has 3 atom stereocenters. The van der Waals surface area contributed by atoms with E-state index in [0.717, 1.165) is 32.1 Å². The molecule has 1 saturated carbocycles. The lowest BCUT2D eigenvalue weighted by atomic mass is 9.75. The average molecular weight is 280 g/mol. The fourth-order valence-corrected chi connectivity index (χ4v) is 3.61. The van der Waals surface area contributed by atoms with Crippen molar-refractivity contribution in [3.05, 3.63) is 0 Å². The second-order valence-corrected chi connectivity index (χ2v) is 6.08. The highest BCUT2D eigenvalue weighted by atomic mass is 16.2. The molecule has 2 rings (SSSR count). The van der Waals surface area contributed by atoms with E-state index >= 15 is 0 Å². The van der Waals surface area contributed by atoms with Crippen molar-refractivity contribution < 1.29 is 14.4 Å². The minimum absolute atomic E-state index is 0.0236. The van der Waals surface area contributed by atoms with Crippen molar-refractivity contribution in [1.82, 2.24) is 10.6 Å². The summed E-state index contributed by atoms with van der Waals surface area (Å²) in [5.41, 5.74) is 0. The molecule has 2 aliphatic rings. The van der Waals surface area contributed by atoms with Gasteiger partial charge in [0.05, 0.1) is 0 Å². The highest BCUT2D eigenvalue weighted by Crippen LogP contribution is 2.34. The minimum atomic E-state index is -0.142. The van der Waals surface area contributed by atoms with E-state index in [2.05, 4.69) is 10.6 Å². The molecule has 2 N–H and O–H groups in total. The van der Waals surface area contributed by atoms with Gasteiger partial charge in [0, 0.05) is 18.9 Å². The van der Waals surface area contributed by atoms with Crippen molar-refractivity contribution in [2.45, 2.75) is 51.4 Å². The summed E-state index contributed by atoms with van der Waals surface area (Å²) in [6.07, 6.45) is 8.61. The first-order chi connectivity index (χ1) is 9.70. The van der Waals surface area contributed by atoms with Gasteiger partial charge < -0.3 is 5.32 Å². The molecule has 1 aliphatic heterocycles. The molecule has 0 radical (unpaired) electrons. The molecule has 3 amide bonds. The van der Waals surface area contributed by atoms with Gasteiger partial charge in [0.2, 0.25) is 18.2 Å². The van der Waals surface area contributed by atoms with E-state index in [9.17, 15) is 14.4 Å². The van der Waals surface area contributed by atoms with Crippen LogP contribution in [0.3, 0.4) is 0 Å². The number of amides is 3. The van der Waals surface area contributed by atoms with Crippen LogP contribution in [-0.2, 0) is 14.4 Å². The molecule has 112 valence electrons. The topological polar surface area (TPSA) is 75.3 Å². The Morgan fingerprint density at radius 2 is 1.95 bits per heavy atom. The van der Waals surface area contributed by atoms with Gasteiger partial charge in [0.15, 0.2) is 0 Å². The van der Waals surface area contributed by atoms with Crippen LogP contribution in [0.5, 0.6) is 0 Å².